The lowest BCUT2D eigenvalue weighted by molar-refractivity contribution is 0.309. The van der Waals surface area contributed by atoms with Crippen molar-refractivity contribution >= 4 is 29.9 Å². The maximum absolute atomic E-state index is 4.88. The Morgan fingerprint density at radius 2 is 2.00 bits per heavy atom. The normalized spacial score (nSPS) is 22.0. The van der Waals surface area contributed by atoms with Crippen molar-refractivity contribution in [3.8, 4) is 0 Å². The minimum absolute atomic E-state index is 0. The van der Waals surface area contributed by atoms with Gasteiger partial charge < -0.3 is 14.8 Å². The first-order chi connectivity index (χ1) is 11.3. The highest BCUT2D eigenvalue weighted by Gasteiger charge is 2.41. The van der Waals surface area contributed by atoms with Crippen LogP contribution in [-0.4, -0.2) is 45.3 Å². The Morgan fingerprint density at radius 1 is 1.17 bits per heavy atom. The third-order valence-electron chi connectivity index (χ3n) is 5.79. The van der Waals surface area contributed by atoms with E-state index >= 15 is 0 Å². The number of rotatable bonds is 3. The van der Waals surface area contributed by atoms with E-state index in [2.05, 4.69) is 31.9 Å². The van der Waals surface area contributed by atoms with Gasteiger partial charge in [0.1, 0.15) is 12.4 Å². The SMILES string of the molecule is CCNC(=NCc1nnc2n1CCC2)N1CCC2(CCCC2)C1.I. The molecule has 0 amide bonds. The Hall–Kier alpha value is -0.860. The molecule has 1 saturated carbocycles. The molecule has 0 atom stereocenters. The lowest BCUT2D eigenvalue weighted by atomic mass is 9.86. The van der Waals surface area contributed by atoms with Crippen LogP contribution in [0.4, 0.5) is 0 Å². The van der Waals surface area contributed by atoms with Crippen molar-refractivity contribution in [3.63, 3.8) is 0 Å². The van der Waals surface area contributed by atoms with Crippen LogP contribution in [0.2, 0.25) is 0 Å². The molecule has 3 aliphatic rings. The summed E-state index contributed by atoms with van der Waals surface area (Å²) >= 11 is 0. The fourth-order valence-electron chi connectivity index (χ4n) is 4.55. The minimum atomic E-state index is 0. The molecule has 7 heteroatoms. The summed E-state index contributed by atoms with van der Waals surface area (Å²) < 4.78 is 2.25. The van der Waals surface area contributed by atoms with E-state index in [1.807, 2.05) is 0 Å². The van der Waals surface area contributed by atoms with E-state index in [-0.39, 0.29) is 24.0 Å². The predicted octanol–water partition coefficient (Wildman–Crippen LogP) is 2.57. The smallest absolute Gasteiger partial charge is 0.194 e. The summed E-state index contributed by atoms with van der Waals surface area (Å²) in [7, 11) is 0. The number of aromatic nitrogens is 3. The molecule has 4 rings (SSSR count). The number of hydrogen-bond acceptors (Lipinski definition) is 3. The van der Waals surface area contributed by atoms with Crippen molar-refractivity contribution in [2.75, 3.05) is 19.6 Å². The van der Waals surface area contributed by atoms with Gasteiger partial charge in [-0.05, 0) is 38.0 Å². The molecule has 0 aromatic carbocycles. The molecule has 1 aromatic heterocycles. The fourth-order valence-corrected chi connectivity index (χ4v) is 4.55. The van der Waals surface area contributed by atoms with E-state index in [1.165, 1.54) is 45.1 Å². The first-order valence-corrected chi connectivity index (χ1v) is 9.24. The molecule has 0 radical (unpaired) electrons. The summed E-state index contributed by atoms with van der Waals surface area (Å²) in [5, 5.41) is 12.1. The fraction of sp³-hybridized carbons (Fsp3) is 0.824. The van der Waals surface area contributed by atoms with E-state index in [4.69, 9.17) is 4.99 Å². The number of guanidine groups is 1. The molecule has 1 aliphatic carbocycles. The number of fused-ring (bicyclic) bond motifs is 1. The molecule has 1 N–H and O–H groups in total. The van der Waals surface area contributed by atoms with Crippen molar-refractivity contribution in [1.82, 2.24) is 25.0 Å². The van der Waals surface area contributed by atoms with Crippen molar-refractivity contribution in [2.45, 2.75) is 65.0 Å². The Balaban J connectivity index is 0.00000169. The maximum atomic E-state index is 4.88. The molecule has 6 nitrogen and oxygen atoms in total. The van der Waals surface area contributed by atoms with Crippen LogP contribution in [-0.2, 0) is 19.5 Å². The maximum Gasteiger partial charge on any atom is 0.194 e. The zero-order valence-corrected chi connectivity index (χ0v) is 17.0. The van der Waals surface area contributed by atoms with Gasteiger partial charge in [0.25, 0.3) is 0 Å². The summed E-state index contributed by atoms with van der Waals surface area (Å²) in [4.78, 5) is 7.35. The van der Waals surface area contributed by atoms with Crippen LogP contribution in [0.15, 0.2) is 4.99 Å². The average molecular weight is 444 g/mol. The topological polar surface area (TPSA) is 58.3 Å². The van der Waals surface area contributed by atoms with Gasteiger partial charge in [0, 0.05) is 32.6 Å². The second-order valence-electron chi connectivity index (χ2n) is 7.34. The summed E-state index contributed by atoms with van der Waals surface area (Å²) in [6.07, 6.45) is 9.21. The second kappa shape index (κ2) is 7.58. The van der Waals surface area contributed by atoms with Crippen LogP contribution in [0.1, 0.15) is 57.1 Å². The molecule has 3 heterocycles. The van der Waals surface area contributed by atoms with Crippen molar-refractivity contribution in [3.05, 3.63) is 11.6 Å². The third kappa shape index (κ3) is 3.41. The molecular weight excluding hydrogens is 415 g/mol. The number of aliphatic imine (C=N–C) groups is 1. The standard InChI is InChI=1S/C17H28N6.HI/c1-2-18-16(22-11-9-17(13-22)7-3-4-8-17)19-12-15-21-20-14-6-5-10-23(14)15;/h2-13H2,1H3,(H,18,19);1H. The molecule has 1 spiro atoms. The van der Waals surface area contributed by atoms with E-state index in [9.17, 15) is 0 Å². The minimum Gasteiger partial charge on any atom is -0.357 e. The van der Waals surface area contributed by atoms with Crippen LogP contribution in [0.5, 0.6) is 0 Å². The second-order valence-corrected chi connectivity index (χ2v) is 7.34. The van der Waals surface area contributed by atoms with Gasteiger partial charge in [0.05, 0.1) is 0 Å². The first kappa shape index (κ1) is 17.9. The van der Waals surface area contributed by atoms with Gasteiger partial charge in [-0.3, -0.25) is 0 Å². The first-order valence-electron chi connectivity index (χ1n) is 9.24. The van der Waals surface area contributed by atoms with Gasteiger partial charge in [-0.15, -0.1) is 34.2 Å². The average Bonchev–Trinajstić information content (AvgIpc) is 3.31. The molecule has 2 fully saturated rings. The Morgan fingerprint density at radius 3 is 2.79 bits per heavy atom. The van der Waals surface area contributed by atoms with E-state index < -0.39 is 0 Å². The van der Waals surface area contributed by atoms with Crippen LogP contribution in [0, 0.1) is 5.41 Å². The highest BCUT2D eigenvalue weighted by Crippen LogP contribution is 2.45. The van der Waals surface area contributed by atoms with E-state index in [1.54, 1.807) is 0 Å². The van der Waals surface area contributed by atoms with Gasteiger partial charge in [0.15, 0.2) is 11.8 Å². The summed E-state index contributed by atoms with van der Waals surface area (Å²) in [6, 6.07) is 0. The lowest BCUT2D eigenvalue weighted by Gasteiger charge is -2.25. The van der Waals surface area contributed by atoms with Crippen LogP contribution in [0.25, 0.3) is 0 Å². The number of aryl methyl sites for hydroxylation is 1. The molecule has 0 unspecified atom stereocenters. The van der Waals surface area contributed by atoms with Crippen LogP contribution in [0.3, 0.4) is 0 Å². The van der Waals surface area contributed by atoms with Crippen molar-refractivity contribution in [2.24, 2.45) is 10.4 Å². The lowest BCUT2D eigenvalue weighted by Crippen LogP contribution is -2.41. The number of hydrogen-bond donors (Lipinski definition) is 1. The quantitative estimate of drug-likeness (QED) is 0.443. The molecule has 1 aromatic rings. The zero-order chi connectivity index (χ0) is 15.7. The molecule has 0 bridgehead atoms. The van der Waals surface area contributed by atoms with Gasteiger partial charge in [-0.2, -0.15) is 0 Å². The Labute approximate surface area is 161 Å². The highest BCUT2D eigenvalue weighted by molar-refractivity contribution is 14.0. The van der Waals surface area contributed by atoms with E-state index in [0.717, 1.165) is 43.7 Å². The van der Waals surface area contributed by atoms with Crippen molar-refractivity contribution < 1.29 is 0 Å². The highest BCUT2D eigenvalue weighted by atomic mass is 127. The zero-order valence-electron chi connectivity index (χ0n) is 14.6. The number of likely N-dealkylation sites (tertiary alicyclic amines) is 1. The van der Waals surface area contributed by atoms with Gasteiger partial charge in [-0.1, -0.05) is 12.8 Å². The third-order valence-corrected chi connectivity index (χ3v) is 5.79. The van der Waals surface area contributed by atoms with E-state index in [0.29, 0.717) is 12.0 Å². The van der Waals surface area contributed by atoms with Gasteiger partial charge in [-0.25, -0.2) is 4.99 Å². The van der Waals surface area contributed by atoms with Crippen molar-refractivity contribution in [1.29, 1.82) is 0 Å². The Bertz CT molecular complexity index is 590. The number of halogens is 1. The molecular formula is C17H29IN6. The Kier molecular flexibility index (Phi) is 5.66. The summed E-state index contributed by atoms with van der Waals surface area (Å²) in [5.74, 6) is 3.21. The monoisotopic (exact) mass is 444 g/mol. The number of nitrogens with zero attached hydrogens (tertiary/aromatic N) is 5. The molecule has 24 heavy (non-hydrogen) atoms. The number of nitrogens with one attached hydrogen (secondary N) is 1. The van der Waals surface area contributed by atoms with Gasteiger partial charge in [0.2, 0.25) is 0 Å². The molecule has 1 saturated heterocycles. The summed E-state index contributed by atoms with van der Waals surface area (Å²) in [5.41, 5.74) is 0.576. The predicted molar refractivity (Wildman–Crippen MR) is 106 cm³/mol. The summed E-state index contributed by atoms with van der Waals surface area (Å²) in [6.45, 7) is 7.07. The molecule has 134 valence electrons. The van der Waals surface area contributed by atoms with Gasteiger partial charge >= 0.3 is 0 Å². The van der Waals surface area contributed by atoms with Crippen LogP contribution < -0.4 is 5.32 Å². The largest absolute Gasteiger partial charge is 0.357 e. The van der Waals surface area contributed by atoms with Crippen LogP contribution >= 0.6 is 24.0 Å². The molecule has 2 aliphatic heterocycles.